The molecule has 0 bridgehead atoms. The molecular formula is C15H21NO. The number of hydrogen-bond donors (Lipinski definition) is 1. The third-order valence-corrected chi connectivity index (χ3v) is 4.12. The molecule has 2 heteroatoms. The highest BCUT2D eigenvalue weighted by atomic mass is 16.5. The number of piperidine rings is 1. The Morgan fingerprint density at radius 3 is 3.12 bits per heavy atom. The van der Waals surface area contributed by atoms with Crippen LogP contribution >= 0.6 is 0 Å². The van der Waals surface area contributed by atoms with Crippen molar-refractivity contribution in [3.05, 3.63) is 29.8 Å². The van der Waals surface area contributed by atoms with Gasteiger partial charge in [-0.3, -0.25) is 0 Å². The Labute approximate surface area is 103 Å². The summed E-state index contributed by atoms with van der Waals surface area (Å²) in [5.41, 5.74) is 1.41. The molecule has 0 aromatic heterocycles. The summed E-state index contributed by atoms with van der Waals surface area (Å²) in [6, 6.07) is 9.17. The van der Waals surface area contributed by atoms with E-state index in [4.69, 9.17) is 4.74 Å². The van der Waals surface area contributed by atoms with Crippen molar-refractivity contribution in [2.45, 2.75) is 38.1 Å². The van der Waals surface area contributed by atoms with Crippen LogP contribution < -0.4 is 10.1 Å². The van der Waals surface area contributed by atoms with E-state index < -0.39 is 0 Å². The van der Waals surface area contributed by atoms with E-state index in [2.05, 4.69) is 36.5 Å². The van der Waals surface area contributed by atoms with Crippen LogP contribution in [0.3, 0.4) is 0 Å². The zero-order valence-electron chi connectivity index (χ0n) is 10.5. The molecule has 17 heavy (non-hydrogen) atoms. The van der Waals surface area contributed by atoms with Gasteiger partial charge in [0.1, 0.15) is 5.75 Å². The van der Waals surface area contributed by atoms with E-state index in [0.29, 0.717) is 12.0 Å². The molecule has 2 nitrogen and oxygen atoms in total. The summed E-state index contributed by atoms with van der Waals surface area (Å²) in [5, 5.41) is 3.65. The van der Waals surface area contributed by atoms with Crippen LogP contribution in [0.2, 0.25) is 0 Å². The number of ether oxygens (including phenoxy) is 1. The molecule has 2 aliphatic rings. The second-order valence-electron chi connectivity index (χ2n) is 5.56. The predicted molar refractivity (Wildman–Crippen MR) is 69.5 cm³/mol. The maximum atomic E-state index is 5.75. The van der Waals surface area contributed by atoms with Crippen molar-refractivity contribution in [2.75, 3.05) is 13.2 Å². The topological polar surface area (TPSA) is 21.3 Å². The van der Waals surface area contributed by atoms with Crippen molar-refractivity contribution in [3.63, 3.8) is 0 Å². The summed E-state index contributed by atoms with van der Waals surface area (Å²) < 4.78 is 5.75. The smallest absolute Gasteiger partial charge is 0.122 e. The fourth-order valence-corrected chi connectivity index (χ4v) is 3.17. The summed E-state index contributed by atoms with van der Waals surface area (Å²) in [7, 11) is 0. The van der Waals surface area contributed by atoms with Crippen molar-refractivity contribution < 1.29 is 4.74 Å². The Kier molecular flexibility index (Phi) is 3.06. The Bertz CT molecular complexity index is 390. The van der Waals surface area contributed by atoms with Crippen molar-refractivity contribution >= 4 is 0 Å². The molecule has 0 aliphatic carbocycles. The van der Waals surface area contributed by atoms with Crippen molar-refractivity contribution in [1.82, 2.24) is 5.32 Å². The molecule has 3 unspecified atom stereocenters. The molecule has 1 aromatic carbocycles. The Morgan fingerprint density at radius 2 is 2.24 bits per heavy atom. The molecule has 1 aromatic rings. The standard InChI is InChI=1S/C15H21NO/c1-11-6-7-16-13(8-11)9-12-10-17-15-5-3-2-4-14(12)15/h2-5,11-13,16H,6-10H2,1H3. The first-order chi connectivity index (χ1) is 8.33. The molecule has 1 saturated heterocycles. The minimum absolute atomic E-state index is 0.592. The summed E-state index contributed by atoms with van der Waals surface area (Å²) in [4.78, 5) is 0. The monoisotopic (exact) mass is 231 g/mol. The van der Waals surface area contributed by atoms with Gasteiger partial charge in [-0.1, -0.05) is 25.1 Å². The minimum Gasteiger partial charge on any atom is -0.493 e. The van der Waals surface area contributed by atoms with Gasteiger partial charge in [0.2, 0.25) is 0 Å². The van der Waals surface area contributed by atoms with Crippen LogP contribution in [0, 0.1) is 5.92 Å². The Balaban J connectivity index is 1.67. The summed E-state index contributed by atoms with van der Waals surface area (Å²) >= 11 is 0. The number of para-hydroxylation sites is 1. The third kappa shape index (κ3) is 2.32. The van der Waals surface area contributed by atoms with E-state index in [1.807, 2.05) is 0 Å². The van der Waals surface area contributed by atoms with E-state index in [9.17, 15) is 0 Å². The van der Waals surface area contributed by atoms with Crippen LogP contribution in [-0.2, 0) is 0 Å². The lowest BCUT2D eigenvalue weighted by Crippen LogP contribution is -2.38. The fourth-order valence-electron chi connectivity index (χ4n) is 3.17. The van der Waals surface area contributed by atoms with Gasteiger partial charge >= 0.3 is 0 Å². The van der Waals surface area contributed by atoms with Crippen LogP contribution in [-0.4, -0.2) is 19.2 Å². The van der Waals surface area contributed by atoms with Gasteiger partial charge in [0.25, 0.3) is 0 Å². The lowest BCUT2D eigenvalue weighted by Gasteiger charge is -2.29. The van der Waals surface area contributed by atoms with E-state index in [1.54, 1.807) is 0 Å². The van der Waals surface area contributed by atoms with Gasteiger partial charge in [-0.15, -0.1) is 0 Å². The van der Waals surface area contributed by atoms with Gasteiger partial charge < -0.3 is 10.1 Å². The second-order valence-corrected chi connectivity index (χ2v) is 5.56. The van der Waals surface area contributed by atoms with Gasteiger partial charge in [0.15, 0.2) is 0 Å². The molecule has 2 heterocycles. The van der Waals surface area contributed by atoms with Crippen LogP contribution in [0.4, 0.5) is 0 Å². The van der Waals surface area contributed by atoms with Crippen LogP contribution in [0.1, 0.15) is 37.7 Å². The van der Waals surface area contributed by atoms with Crippen LogP contribution in [0.5, 0.6) is 5.75 Å². The first-order valence-corrected chi connectivity index (χ1v) is 6.78. The Morgan fingerprint density at radius 1 is 1.35 bits per heavy atom. The van der Waals surface area contributed by atoms with Crippen molar-refractivity contribution in [3.8, 4) is 5.75 Å². The summed E-state index contributed by atoms with van der Waals surface area (Å²) in [5.74, 6) is 2.56. The zero-order chi connectivity index (χ0) is 11.7. The molecular weight excluding hydrogens is 210 g/mol. The molecule has 3 rings (SSSR count). The van der Waals surface area contributed by atoms with Gasteiger partial charge in [0.05, 0.1) is 6.61 Å². The van der Waals surface area contributed by atoms with E-state index >= 15 is 0 Å². The summed E-state index contributed by atoms with van der Waals surface area (Å²) in [6.07, 6.45) is 3.87. The molecule has 1 N–H and O–H groups in total. The van der Waals surface area contributed by atoms with E-state index in [1.165, 1.54) is 31.4 Å². The van der Waals surface area contributed by atoms with Crippen LogP contribution in [0.25, 0.3) is 0 Å². The van der Waals surface area contributed by atoms with Crippen molar-refractivity contribution in [2.24, 2.45) is 5.92 Å². The molecule has 1 fully saturated rings. The number of nitrogens with one attached hydrogen (secondary N) is 1. The quantitative estimate of drug-likeness (QED) is 0.845. The van der Waals surface area contributed by atoms with E-state index in [0.717, 1.165) is 18.3 Å². The summed E-state index contributed by atoms with van der Waals surface area (Å²) in [6.45, 7) is 4.42. The molecule has 0 amide bonds. The highest BCUT2D eigenvalue weighted by molar-refractivity contribution is 5.39. The van der Waals surface area contributed by atoms with Gasteiger partial charge in [-0.25, -0.2) is 0 Å². The number of benzene rings is 1. The molecule has 0 radical (unpaired) electrons. The molecule has 0 saturated carbocycles. The lowest BCUT2D eigenvalue weighted by atomic mass is 9.86. The predicted octanol–water partition coefficient (Wildman–Crippen LogP) is 2.94. The molecule has 2 aliphatic heterocycles. The SMILES string of the molecule is CC1CCNC(CC2COc3ccccc32)C1. The second kappa shape index (κ2) is 4.69. The van der Waals surface area contributed by atoms with Gasteiger partial charge in [0, 0.05) is 17.5 Å². The molecule has 92 valence electrons. The van der Waals surface area contributed by atoms with Gasteiger partial charge in [-0.2, -0.15) is 0 Å². The average molecular weight is 231 g/mol. The Hall–Kier alpha value is -1.02. The molecule has 3 atom stereocenters. The first-order valence-electron chi connectivity index (χ1n) is 6.78. The van der Waals surface area contributed by atoms with Gasteiger partial charge in [-0.05, 0) is 37.8 Å². The maximum absolute atomic E-state index is 5.75. The van der Waals surface area contributed by atoms with E-state index in [-0.39, 0.29) is 0 Å². The lowest BCUT2D eigenvalue weighted by molar-refractivity contribution is 0.268. The number of hydrogen-bond acceptors (Lipinski definition) is 2. The minimum atomic E-state index is 0.592. The van der Waals surface area contributed by atoms with Crippen molar-refractivity contribution in [1.29, 1.82) is 0 Å². The first kappa shape index (κ1) is 11.1. The molecule has 0 spiro atoms. The fraction of sp³-hybridized carbons (Fsp3) is 0.600. The highest BCUT2D eigenvalue weighted by Crippen LogP contribution is 2.37. The largest absolute Gasteiger partial charge is 0.493 e. The zero-order valence-corrected chi connectivity index (χ0v) is 10.5. The highest BCUT2D eigenvalue weighted by Gasteiger charge is 2.28. The number of fused-ring (bicyclic) bond motifs is 1. The number of rotatable bonds is 2. The normalized spacial score (nSPS) is 31.9. The maximum Gasteiger partial charge on any atom is 0.122 e. The average Bonchev–Trinajstić information content (AvgIpc) is 2.73. The third-order valence-electron chi connectivity index (χ3n) is 4.12. The van der Waals surface area contributed by atoms with Crippen LogP contribution in [0.15, 0.2) is 24.3 Å².